The van der Waals surface area contributed by atoms with Crippen molar-refractivity contribution in [3.05, 3.63) is 24.3 Å². The molecular weight excluding hydrogens is 340 g/mol. The second-order valence-electron chi connectivity index (χ2n) is 7.20. The summed E-state index contributed by atoms with van der Waals surface area (Å²) in [6.07, 6.45) is 3.76. The molecule has 1 heterocycles. The molecule has 6 nitrogen and oxygen atoms in total. The molecule has 6 heteroatoms. The van der Waals surface area contributed by atoms with Crippen LogP contribution in [-0.2, 0) is 0 Å². The maximum atomic E-state index is 5.98. The van der Waals surface area contributed by atoms with Crippen molar-refractivity contribution >= 4 is 5.96 Å². The quantitative estimate of drug-likeness (QED) is 0.513. The smallest absolute Gasteiger partial charge is 0.191 e. The standard InChI is InChI=1S/C21H36N4O2/c1-5-12-25-13-10-18(11-14-25)16-24-21(22-3)23-15-17(2)27-20-9-7-6-8-19(20)26-4/h6-9,17-18H,5,10-16H2,1-4H3,(H2,22,23,24). The fourth-order valence-corrected chi connectivity index (χ4v) is 3.41. The lowest BCUT2D eigenvalue weighted by atomic mass is 9.97. The minimum Gasteiger partial charge on any atom is -0.493 e. The van der Waals surface area contributed by atoms with Gasteiger partial charge in [0.05, 0.1) is 13.7 Å². The summed E-state index contributed by atoms with van der Waals surface area (Å²) in [4.78, 5) is 6.90. The third kappa shape index (κ3) is 7.29. The number of guanidine groups is 1. The number of hydrogen-bond donors (Lipinski definition) is 2. The Labute approximate surface area is 164 Å². The number of benzene rings is 1. The largest absolute Gasteiger partial charge is 0.493 e. The van der Waals surface area contributed by atoms with Crippen molar-refractivity contribution in [3.8, 4) is 11.5 Å². The number of ether oxygens (including phenoxy) is 2. The molecule has 0 bridgehead atoms. The van der Waals surface area contributed by atoms with E-state index in [1.807, 2.05) is 38.2 Å². The number of likely N-dealkylation sites (tertiary alicyclic amines) is 1. The zero-order chi connectivity index (χ0) is 19.5. The molecule has 1 aromatic carbocycles. The Hall–Kier alpha value is -1.95. The monoisotopic (exact) mass is 376 g/mol. The molecule has 1 aliphatic heterocycles. The van der Waals surface area contributed by atoms with Crippen molar-refractivity contribution in [2.75, 3.05) is 46.9 Å². The van der Waals surface area contributed by atoms with Gasteiger partial charge in [0.1, 0.15) is 6.10 Å². The first-order valence-electron chi connectivity index (χ1n) is 10.1. The number of rotatable bonds is 9. The van der Waals surface area contributed by atoms with Gasteiger partial charge >= 0.3 is 0 Å². The molecular formula is C21H36N4O2. The van der Waals surface area contributed by atoms with Crippen LogP contribution in [0.25, 0.3) is 0 Å². The van der Waals surface area contributed by atoms with Gasteiger partial charge in [-0.1, -0.05) is 19.1 Å². The second kappa shape index (κ2) is 11.7. The first kappa shape index (κ1) is 21.4. The van der Waals surface area contributed by atoms with Gasteiger partial charge in [-0.15, -0.1) is 0 Å². The summed E-state index contributed by atoms with van der Waals surface area (Å²) < 4.78 is 11.3. The SMILES string of the molecule is CCCN1CCC(CNC(=NC)NCC(C)Oc2ccccc2OC)CC1. The number of nitrogens with one attached hydrogen (secondary N) is 2. The molecule has 0 saturated carbocycles. The van der Waals surface area contributed by atoms with Crippen molar-refractivity contribution in [1.82, 2.24) is 15.5 Å². The first-order valence-corrected chi connectivity index (χ1v) is 10.1. The number of methoxy groups -OCH3 is 1. The molecule has 1 aromatic rings. The number of piperidine rings is 1. The van der Waals surface area contributed by atoms with E-state index in [4.69, 9.17) is 9.47 Å². The van der Waals surface area contributed by atoms with E-state index in [0.717, 1.165) is 29.9 Å². The van der Waals surface area contributed by atoms with Crippen LogP contribution >= 0.6 is 0 Å². The van der Waals surface area contributed by atoms with Crippen molar-refractivity contribution in [3.63, 3.8) is 0 Å². The van der Waals surface area contributed by atoms with Gasteiger partial charge in [-0.05, 0) is 63.9 Å². The zero-order valence-corrected chi connectivity index (χ0v) is 17.3. The van der Waals surface area contributed by atoms with Crippen LogP contribution in [0.2, 0.25) is 0 Å². The molecule has 2 N–H and O–H groups in total. The Morgan fingerprint density at radius 3 is 2.56 bits per heavy atom. The molecule has 152 valence electrons. The average Bonchev–Trinajstić information content (AvgIpc) is 2.70. The predicted octanol–water partition coefficient (Wildman–Crippen LogP) is 2.75. The minimum atomic E-state index is -0.00266. The van der Waals surface area contributed by atoms with Gasteiger partial charge in [0, 0.05) is 13.6 Å². The lowest BCUT2D eigenvalue weighted by Crippen LogP contribution is -2.45. The second-order valence-corrected chi connectivity index (χ2v) is 7.20. The molecule has 0 aromatic heterocycles. The Morgan fingerprint density at radius 2 is 1.93 bits per heavy atom. The van der Waals surface area contributed by atoms with Gasteiger partial charge in [0.2, 0.25) is 0 Å². The van der Waals surface area contributed by atoms with Gasteiger partial charge in [0.25, 0.3) is 0 Å². The molecule has 27 heavy (non-hydrogen) atoms. The fourth-order valence-electron chi connectivity index (χ4n) is 3.41. The Kier molecular flexibility index (Phi) is 9.25. The highest BCUT2D eigenvalue weighted by atomic mass is 16.5. The third-order valence-electron chi connectivity index (χ3n) is 4.98. The highest BCUT2D eigenvalue weighted by molar-refractivity contribution is 5.79. The van der Waals surface area contributed by atoms with Crippen molar-refractivity contribution in [1.29, 1.82) is 0 Å². The van der Waals surface area contributed by atoms with Crippen LogP contribution in [0.15, 0.2) is 29.3 Å². The van der Waals surface area contributed by atoms with Gasteiger partial charge in [0.15, 0.2) is 17.5 Å². The molecule has 0 amide bonds. The normalized spacial score (nSPS) is 17.4. The molecule has 1 saturated heterocycles. The average molecular weight is 377 g/mol. The Morgan fingerprint density at radius 1 is 1.22 bits per heavy atom. The highest BCUT2D eigenvalue weighted by Crippen LogP contribution is 2.26. The molecule has 1 aliphatic rings. The summed E-state index contributed by atoms with van der Waals surface area (Å²) in [6.45, 7) is 9.60. The topological polar surface area (TPSA) is 58.1 Å². The van der Waals surface area contributed by atoms with E-state index in [1.165, 1.54) is 38.9 Å². The summed E-state index contributed by atoms with van der Waals surface area (Å²) in [5.74, 6) is 3.07. The molecule has 0 radical (unpaired) electrons. The number of aliphatic imine (C=N–C) groups is 1. The van der Waals surface area contributed by atoms with Crippen LogP contribution < -0.4 is 20.1 Å². The zero-order valence-electron chi connectivity index (χ0n) is 17.3. The summed E-state index contributed by atoms with van der Waals surface area (Å²) in [5, 5.41) is 6.83. The molecule has 2 rings (SSSR count). The molecule has 1 unspecified atom stereocenters. The van der Waals surface area contributed by atoms with Crippen LogP contribution in [0.5, 0.6) is 11.5 Å². The van der Waals surface area contributed by atoms with E-state index >= 15 is 0 Å². The van der Waals surface area contributed by atoms with E-state index in [1.54, 1.807) is 7.11 Å². The van der Waals surface area contributed by atoms with Crippen molar-refractivity contribution in [2.45, 2.75) is 39.2 Å². The maximum Gasteiger partial charge on any atom is 0.191 e. The van der Waals surface area contributed by atoms with Crippen molar-refractivity contribution < 1.29 is 9.47 Å². The van der Waals surface area contributed by atoms with Gasteiger partial charge in [-0.3, -0.25) is 4.99 Å². The van der Waals surface area contributed by atoms with Crippen LogP contribution in [0.3, 0.4) is 0 Å². The maximum absolute atomic E-state index is 5.98. The first-order chi connectivity index (χ1) is 13.2. The number of hydrogen-bond acceptors (Lipinski definition) is 4. The Balaban J connectivity index is 1.69. The van der Waals surface area contributed by atoms with E-state index in [-0.39, 0.29) is 6.10 Å². The summed E-state index contributed by atoms with van der Waals surface area (Å²) in [6, 6.07) is 7.71. The fraction of sp³-hybridized carbons (Fsp3) is 0.667. The van der Waals surface area contributed by atoms with Crippen LogP contribution in [0.4, 0.5) is 0 Å². The number of para-hydroxylation sites is 2. The van der Waals surface area contributed by atoms with Crippen LogP contribution in [0.1, 0.15) is 33.1 Å². The van der Waals surface area contributed by atoms with Crippen molar-refractivity contribution in [2.24, 2.45) is 10.9 Å². The molecule has 0 aliphatic carbocycles. The van der Waals surface area contributed by atoms with Gasteiger partial charge in [-0.2, -0.15) is 0 Å². The van der Waals surface area contributed by atoms with E-state index in [9.17, 15) is 0 Å². The minimum absolute atomic E-state index is 0.00266. The van der Waals surface area contributed by atoms with E-state index in [2.05, 4.69) is 27.4 Å². The summed E-state index contributed by atoms with van der Waals surface area (Å²) in [7, 11) is 3.47. The van der Waals surface area contributed by atoms with Crippen LogP contribution in [0, 0.1) is 5.92 Å². The molecule has 1 fully saturated rings. The van der Waals surface area contributed by atoms with Gasteiger partial charge in [-0.25, -0.2) is 0 Å². The Bertz CT molecular complexity index is 571. The van der Waals surface area contributed by atoms with Crippen LogP contribution in [-0.4, -0.2) is 63.8 Å². The van der Waals surface area contributed by atoms with E-state index < -0.39 is 0 Å². The lowest BCUT2D eigenvalue weighted by Gasteiger charge is -2.32. The lowest BCUT2D eigenvalue weighted by molar-refractivity contribution is 0.185. The predicted molar refractivity (Wildman–Crippen MR) is 112 cm³/mol. The molecule has 0 spiro atoms. The van der Waals surface area contributed by atoms with E-state index in [0.29, 0.717) is 6.54 Å². The highest BCUT2D eigenvalue weighted by Gasteiger charge is 2.18. The summed E-state index contributed by atoms with van der Waals surface area (Å²) >= 11 is 0. The van der Waals surface area contributed by atoms with Gasteiger partial charge < -0.3 is 25.0 Å². The molecule has 1 atom stereocenters. The third-order valence-corrected chi connectivity index (χ3v) is 4.98. The summed E-state index contributed by atoms with van der Waals surface area (Å²) in [5.41, 5.74) is 0. The number of nitrogens with zero attached hydrogens (tertiary/aromatic N) is 2.